The van der Waals surface area contributed by atoms with E-state index in [4.69, 9.17) is 22.1 Å². The van der Waals surface area contributed by atoms with Crippen LogP contribution in [0.2, 0.25) is 0 Å². The van der Waals surface area contributed by atoms with E-state index in [0.717, 1.165) is 55.8 Å². The summed E-state index contributed by atoms with van der Waals surface area (Å²) in [5.41, 5.74) is 23.2. The molecule has 26 rings (SSSR count). The summed E-state index contributed by atoms with van der Waals surface area (Å²) in [6.07, 6.45) is 0. The molecule has 0 aliphatic carbocycles. The second-order valence-electron chi connectivity index (χ2n) is 42.7. The van der Waals surface area contributed by atoms with Crippen LogP contribution in [0.25, 0.3) is 228 Å². The summed E-state index contributed by atoms with van der Waals surface area (Å²) in [6.45, 7) is 44.8. The van der Waals surface area contributed by atoms with Crippen molar-refractivity contribution in [3.63, 3.8) is 0 Å². The van der Waals surface area contributed by atoms with Crippen molar-refractivity contribution >= 4 is 228 Å². The quantitative estimate of drug-likeness (QED) is 0.142. The average Bonchev–Trinajstić information content (AvgIpc) is 1.55. The molecule has 0 fully saturated rings. The molecule has 134 heavy (non-hydrogen) atoms. The third-order valence-electron chi connectivity index (χ3n) is 28.4. The molecule has 21 aromatic carbocycles. The van der Waals surface area contributed by atoms with Crippen LogP contribution in [0.4, 0.5) is 0 Å². The van der Waals surface area contributed by atoms with Gasteiger partial charge in [-0.3, -0.25) is 0 Å². The summed E-state index contributed by atoms with van der Waals surface area (Å²) in [5, 5.41) is 40.1. The minimum atomic E-state index is 0.0159. The number of fused-ring (bicyclic) bond motifs is 38. The van der Waals surface area contributed by atoms with E-state index in [0.29, 0.717) is 0 Å². The van der Waals surface area contributed by atoms with Crippen molar-refractivity contribution in [2.45, 2.75) is 166 Å². The molecule has 0 atom stereocenters. The average molecular weight is 1740 g/mol. The molecular weight excluding hydrogens is 1630 g/mol. The molecule has 26 aromatic rings. The lowest BCUT2D eigenvalue weighted by Gasteiger charge is -2.21. The van der Waals surface area contributed by atoms with Gasteiger partial charge in [-0.2, -0.15) is 0 Å². The monoisotopic (exact) mass is 1740 g/mol. The Balaban J connectivity index is 0.0000000976. The summed E-state index contributed by atoms with van der Waals surface area (Å²) < 4.78 is 32.6. The van der Waals surface area contributed by atoms with Crippen molar-refractivity contribution in [1.29, 1.82) is 0 Å². The first kappa shape index (κ1) is 85.0. The number of aryl methyl sites for hydroxylation is 5. The van der Waals surface area contributed by atoms with Gasteiger partial charge in [-0.15, -0.1) is 0 Å². The molecule has 0 spiro atoms. The minimum absolute atomic E-state index is 0.0159. The van der Waals surface area contributed by atoms with Gasteiger partial charge in [0.25, 0.3) is 0 Å². The topological polar surface area (TPSA) is 65.7 Å². The first-order valence-electron chi connectivity index (χ1n) is 47.5. The lowest BCUT2D eigenvalue weighted by molar-refractivity contribution is 0.568. The van der Waals surface area contributed by atoms with Crippen LogP contribution in [-0.4, -0.2) is 0 Å². The summed E-state index contributed by atoms with van der Waals surface area (Å²) in [4.78, 5) is 0. The van der Waals surface area contributed by atoms with Crippen LogP contribution in [0.1, 0.15) is 159 Å². The summed E-state index contributed by atoms with van der Waals surface area (Å²) in [5.74, 6) is 0. The molecular formula is C129H112O5. The molecule has 5 heterocycles. The van der Waals surface area contributed by atoms with E-state index in [1.54, 1.807) is 0 Å². The summed E-state index contributed by atoms with van der Waals surface area (Å²) >= 11 is 0. The molecule has 658 valence electrons. The van der Waals surface area contributed by atoms with Crippen molar-refractivity contribution in [3.05, 3.63) is 371 Å². The van der Waals surface area contributed by atoms with Gasteiger partial charge < -0.3 is 22.1 Å². The zero-order chi connectivity index (χ0) is 92.8. The van der Waals surface area contributed by atoms with E-state index in [-0.39, 0.29) is 27.1 Å². The fourth-order valence-electron chi connectivity index (χ4n) is 23.1. The lowest BCUT2D eigenvalue weighted by atomic mass is 9.83. The fraction of sp³-hybridized carbons (Fsp3) is 0.194. The van der Waals surface area contributed by atoms with Gasteiger partial charge in [0.2, 0.25) is 0 Å². The highest BCUT2D eigenvalue weighted by atomic mass is 16.3. The van der Waals surface area contributed by atoms with Crippen LogP contribution in [-0.2, 0) is 27.1 Å². The summed E-state index contributed by atoms with van der Waals surface area (Å²) in [6, 6.07) is 114. The van der Waals surface area contributed by atoms with Gasteiger partial charge in [0.1, 0.15) is 55.8 Å². The molecule has 0 saturated heterocycles. The van der Waals surface area contributed by atoms with Crippen molar-refractivity contribution in [2.75, 3.05) is 0 Å². The third kappa shape index (κ3) is 13.8. The molecule has 5 nitrogen and oxygen atoms in total. The first-order chi connectivity index (χ1) is 64.2. The Labute approximate surface area is 781 Å². The smallest absolute Gasteiger partial charge is 0.143 e. The number of furan rings is 5. The van der Waals surface area contributed by atoms with Crippen molar-refractivity contribution in [1.82, 2.24) is 0 Å². The first-order valence-corrected chi connectivity index (χ1v) is 47.5. The standard InChI is InChI=1S/C29H24O.4C25H22O/c1-17-13-14-24-23-16-15-22-20-11-6-5-9-18(20)19-10-7-8-12-21(19)25(22)27(23)30-28(24)26(17)29(2,3)4;1-15-13-14-20-21-18-11-7-5-9-16(18)17-10-6-8-12-19(17)23(21)26-24(20)22(15)25(2,3)4;1-15-9-13-19-22-20(26-24(19)23(15)25(2,3)4)14-12-17-11-10-16-7-5-6-8-18(16)21(17)22;1-15-9-12-19-21-14-20-17(11-10-16-7-5-6-8-18(16)20)13-22(21)26-24(19)23(15)25(2,3)4;1-15-9-11-20-22-19-12-10-16-7-5-6-8-17(16)18(19)13-14-21(22)26-24(20)23(15)25(2,3)4/h5-16H,1-4H3;4*5-14H,1-4H3. The van der Waals surface area contributed by atoms with Gasteiger partial charge in [-0.1, -0.05) is 389 Å². The molecule has 0 amide bonds. The highest BCUT2D eigenvalue weighted by Gasteiger charge is 2.31. The van der Waals surface area contributed by atoms with Crippen LogP contribution in [0.15, 0.2) is 338 Å². The molecule has 0 aliphatic heterocycles. The molecule has 0 aliphatic rings. The van der Waals surface area contributed by atoms with Crippen LogP contribution >= 0.6 is 0 Å². The maximum Gasteiger partial charge on any atom is 0.143 e. The van der Waals surface area contributed by atoms with Gasteiger partial charge in [0.15, 0.2) is 0 Å². The zero-order valence-electron chi connectivity index (χ0n) is 80.6. The normalized spacial score (nSPS) is 12.6. The SMILES string of the molecule is Cc1ccc2c(oc3c2ccc2c4ccccc4c4ccccc4c23)c1C(C)(C)C.Cc1ccc2c(oc3c4ccccc4c4ccccc4c23)c1C(C)(C)C.Cc1ccc2c(oc3cc4ccc5ccccc5c4cc32)c1C(C)(C)C.Cc1ccc2c(oc3ccc4c5ccccc5ccc4c32)c1C(C)(C)C.Cc1ccc2c(oc3ccc4ccc5ccccc5c4c32)c1C(C)(C)C. The Hall–Kier alpha value is -14.5. The van der Waals surface area contributed by atoms with Crippen LogP contribution < -0.4 is 0 Å². The number of hydrogen-bond acceptors (Lipinski definition) is 5. The number of hydrogen-bond donors (Lipinski definition) is 0. The molecule has 0 saturated carbocycles. The van der Waals surface area contributed by atoms with E-state index < -0.39 is 0 Å². The van der Waals surface area contributed by atoms with Gasteiger partial charge in [-0.25, -0.2) is 0 Å². The molecule has 5 aromatic heterocycles. The van der Waals surface area contributed by atoms with E-state index >= 15 is 0 Å². The van der Waals surface area contributed by atoms with E-state index in [1.165, 1.54) is 228 Å². The van der Waals surface area contributed by atoms with Crippen LogP contribution in [0.3, 0.4) is 0 Å². The Morgan fingerprint density at radius 3 is 0.873 bits per heavy atom. The molecule has 0 bridgehead atoms. The highest BCUT2D eigenvalue weighted by molar-refractivity contribution is 6.34. The fourth-order valence-corrected chi connectivity index (χ4v) is 23.1. The predicted molar refractivity (Wildman–Crippen MR) is 578 cm³/mol. The highest BCUT2D eigenvalue weighted by Crippen LogP contribution is 2.51. The van der Waals surface area contributed by atoms with Gasteiger partial charge in [0, 0.05) is 97.8 Å². The maximum atomic E-state index is 6.76. The second kappa shape index (κ2) is 31.3. The lowest BCUT2D eigenvalue weighted by Crippen LogP contribution is -2.13. The number of rotatable bonds is 0. The van der Waals surface area contributed by atoms with Crippen LogP contribution in [0.5, 0.6) is 0 Å². The molecule has 5 heteroatoms. The van der Waals surface area contributed by atoms with Gasteiger partial charge in [0.05, 0.1) is 0 Å². The van der Waals surface area contributed by atoms with Gasteiger partial charge in [-0.05, 0) is 222 Å². The van der Waals surface area contributed by atoms with Crippen molar-refractivity contribution in [3.8, 4) is 0 Å². The number of benzene rings is 21. The van der Waals surface area contributed by atoms with Crippen LogP contribution in [0, 0.1) is 34.6 Å². The summed E-state index contributed by atoms with van der Waals surface area (Å²) in [7, 11) is 0. The molecule has 0 unspecified atom stereocenters. The van der Waals surface area contributed by atoms with E-state index in [9.17, 15) is 0 Å². The Morgan fingerprint density at radius 2 is 0.388 bits per heavy atom. The predicted octanol–water partition coefficient (Wildman–Crippen LogP) is 38.6. The second-order valence-corrected chi connectivity index (χ2v) is 42.7. The Kier molecular flexibility index (Phi) is 19.9. The maximum absolute atomic E-state index is 6.76. The third-order valence-corrected chi connectivity index (χ3v) is 28.4. The van der Waals surface area contributed by atoms with Crippen molar-refractivity contribution < 1.29 is 22.1 Å². The van der Waals surface area contributed by atoms with Crippen molar-refractivity contribution in [2.24, 2.45) is 0 Å². The van der Waals surface area contributed by atoms with E-state index in [1.807, 2.05) is 0 Å². The Morgan fingerprint density at radius 1 is 0.142 bits per heavy atom. The largest absolute Gasteiger partial charge is 0.456 e. The van der Waals surface area contributed by atoms with E-state index in [2.05, 4.69) is 454 Å². The van der Waals surface area contributed by atoms with Gasteiger partial charge >= 0.3 is 0 Å². The Bertz CT molecular complexity index is 9300. The minimum Gasteiger partial charge on any atom is -0.456 e. The molecule has 0 N–H and O–H groups in total. The molecule has 0 radical (unpaired) electrons. The zero-order valence-corrected chi connectivity index (χ0v) is 80.6.